The molecule has 0 aliphatic carbocycles. The Kier molecular flexibility index (Phi) is 2.69. The molecule has 0 spiro atoms. The van der Waals surface area contributed by atoms with E-state index in [1.165, 1.54) is 11.3 Å². The van der Waals surface area contributed by atoms with Crippen LogP contribution < -0.4 is 0 Å². The lowest BCUT2D eigenvalue weighted by Crippen LogP contribution is -2.05. The van der Waals surface area contributed by atoms with Gasteiger partial charge in [-0.3, -0.25) is 9.36 Å². The van der Waals surface area contributed by atoms with E-state index in [1.807, 2.05) is 48.5 Å². The van der Waals surface area contributed by atoms with Crippen molar-refractivity contribution in [3.63, 3.8) is 0 Å². The van der Waals surface area contributed by atoms with Crippen LogP contribution in [0.4, 0.5) is 0 Å². The highest BCUT2D eigenvalue weighted by Crippen LogP contribution is 2.39. The van der Waals surface area contributed by atoms with Crippen LogP contribution in [0.3, 0.4) is 0 Å². The lowest BCUT2D eigenvalue weighted by molar-refractivity contribution is 0.0971. The molecule has 24 heavy (non-hydrogen) atoms. The Bertz CT molecular complexity index is 1170. The Morgan fingerprint density at radius 2 is 1.92 bits per heavy atom. The molecule has 2 aromatic carbocycles. The van der Waals surface area contributed by atoms with Crippen molar-refractivity contribution in [3.05, 3.63) is 64.8 Å². The molecule has 0 atom stereocenters. The summed E-state index contributed by atoms with van der Waals surface area (Å²) in [4.78, 5) is 18.0. The van der Waals surface area contributed by atoms with Gasteiger partial charge in [-0.2, -0.15) is 0 Å². The van der Waals surface area contributed by atoms with E-state index < -0.39 is 0 Å². The normalized spacial score (nSPS) is 15.7. The summed E-state index contributed by atoms with van der Waals surface area (Å²) in [5.41, 5.74) is 2.33. The number of thiophene rings is 1. The molecular weight excluding hydrogens is 320 g/mol. The van der Waals surface area contributed by atoms with Crippen molar-refractivity contribution in [2.45, 2.75) is 6.42 Å². The molecule has 1 N–H and O–H groups in total. The van der Waals surface area contributed by atoms with Gasteiger partial charge in [0, 0.05) is 22.1 Å². The number of imidazole rings is 1. The first kappa shape index (κ1) is 13.5. The van der Waals surface area contributed by atoms with Gasteiger partial charge in [-0.05, 0) is 30.3 Å². The van der Waals surface area contributed by atoms with Crippen molar-refractivity contribution >= 4 is 44.4 Å². The van der Waals surface area contributed by atoms with Crippen molar-refractivity contribution < 1.29 is 9.90 Å². The van der Waals surface area contributed by atoms with Gasteiger partial charge in [0.1, 0.15) is 11.6 Å². The molecule has 0 saturated carbocycles. The Morgan fingerprint density at radius 1 is 1.12 bits per heavy atom. The Hall–Kier alpha value is -2.92. The van der Waals surface area contributed by atoms with Crippen molar-refractivity contribution in [2.24, 2.45) is 0 Å². The van der Waals surface area contributed by atoms with E-state index in [0.717, 1.165) is 31.8 Å². The number of fused-ring (bicyclic) bond motifs is 4. The maximum Gasteiger partial charge on any atom is 0.260 e. The first-order chi connectivity index (χ1) is 11.7. The molecule has 3 heterocycles. The highest BCUT2D eigenvalue weighted by Gasteiger charge is 2.28. The van der Waals surface area contributed by atoms with E-state index >= 15 is 0 Å². The molecule has 1 aliphatic rings. The van der Waals surface area contributed by atoms with Gasteiger partial charge in [0.05, 0.1) is 15.9 Å². The summed E-state index contributed by atoms with van der Waals surface area (Å²) >= 11 is 1.49. The third-order valence-electron chi connectivity index (χ3n) is 4.36. The molecule has 116 valence electrons. The fourth-order valence-electron chi connectivity index (χ4n) is 3.23. The van der Waals surface area contributed by atoms with Gasteiger partial charge >= 0.3 is 0 Å². The summed E-state index contributed by atoms with van der Waals surface area (Å²) in [6.45, 7) is 0. The van der Waals surface area contributed by atoms with E-state index in [0.29, 0.717) is 12.0 Å². The standard InChI is InChI=1S/C19H12N2O2S/c22-18-12-5-1-4-8-15(12)24-16(18)9-11-10-17-20-13-6-2-3-7-14(13)21(17)19(11)23/h1-9,22H,10H2/b11-9+. The van der Waals surface area contributed by atoms with Gasteiger partial charge in [0.25, 0.3) is 5.91 Å². The topological polar surface area (TPSA) is 55.1 Å². The smallest absolute Gasteiger partial charge is 0.260 e. The van der Waals surface area contributed by atoms with E-state index in [2.05, 4.69) is 4.98 Å². The number of rotatable bonds is 1. The van der Waals surface area contributed by atoms with Gasteiger partial charge in [0.15, 0.2) is 0 Å². The number of allylic oxidation sites excluding steroid dienone is 1. The number of benzene rings is 2. The molecule has 4 aromatic rings. The van der Waals surface area contributed by atoms with E-state index in [4.69, 9.17) is 0 Å². The average molecular weight is 332 g/mol. The molecule has 0 amide bonds. The SMILES string of the molecule is O=C1/C(=C/c2sc3ccccc3c2O)Cc2nc3ccccc3n21. The predicted molar refractivity (Wildman–Crippen MR) is 95.5 cm³/mol. The van der Waals surface area contributed by atoms with Gasteiger partial charge < -0.3 is 5.11 Å². The molecular formula is C19H12N2O2S. The number of aromatic nitrogens is 2. The van der Waals surface area contributed by atoms with Crippen molar-refractivity contribution in [3.8, 4) is 5.75 Å². The number of hydrogen-bond donors (Lipinski definition) is 1. The van der Waals surface area contributed by atoms with Gasteiger partial charge in [0.2, 0.25) is 0 Å². The molecule has 0 unspecified atom stereocenters. The highest BCUT2D eigenvalue weighted by molar-refractivity contribution is 7.20. The van der Waals surface area contributed by atoms with Crippen LogP contribution in [0, 0.1) is 0 Å². The van der Waals surface area contributed by atoms with Gasteiger partial charge in [-0.25, -0.2) is 4.98 Å². The summed E-state index contributed by atoms with van der Waals surface area (Å²) in [7, 11) is 0. The summed E-state index contributed by atoms with van der Waals surface area (Å²) in [6, 6.07) is 15.3. The summed E-state index contributed by atoms with van der Waals surface area (Å²) in [6.07, 6.45) is 2.28. The van der Waals surface area contributed by atoms with Crippen LogP contribution in [0.25, 0.3) is 27.2 Å². The maximum atomic E-state index is 12.8. The zero-order chi connectivity index (χ0) is 16.3. The summed E-state index contributed by atoms with van der Waals surface area (Å²) in [5.74, 6) is 0.939. The number of nitrogens with zero attached hydrogens (tertiary/aromatic N) is 2. The van der Waals surface area contributed by atoms with Crippen LogP contribution in [0.15, 0.2) is 54.1 Å². The van der Waals surface area contributed by atoms with Gasteiger partial charge in [-0.15, -0.1) is 11.3 Å². The van der Waals surface area contributed by atoms with Crippen molar-refractivity contribution in [2.75, 3.05) is 0 Å². The monoisotopic (exact) mass is 332 g/mol. The first-order valence-electron chi connectivity index (χ1n) is 7.64. The minimum atomic E-state index is -0.0597. The van der Waals surface area contributed by atoms with Crippen LogP contribution in [-0.4, -0.2) is 20.6 Å². The molecule has 0 radical (unpaired) electrons. The lowest BCUT2D eigenvalue weighted by atomic mass is 10.1. The number of carbonyl (C=O) groups excluding carboxylic acids is 1. The average Bonchev–Trinajstić information content (AvgIpc) is 3.21. The highest BCUT2D eigenvalue weighted by atomic mass is 32.1. The second-order valence-corrected chi connectivity index (χ2v) is 6.90. The summed E-state index contributed by atoms with van der Waals surface area (Å²) in [5, 5.41) is 11.2. The minimum absolute atomic E-state index is 0.0597. The first-order valence-corrected chi connectivity index (χ1v) is 8.46. The molecule has 4 nitrogen and oxygen atoms in total. The Balaban J connectivity index is 1.63. The van der Waals surface area contributed by atoms with Crippen LogP contribution in [0.1, 0.15) is 15.5 Å². The fraction of sp³-hybridized carbons (Fsp3) is 0.0526. The van der Waals surface area contributed by atoms with Crippen LogP contribution in [-0.2, 0) is 6.42 Å². The second kappa shape index (κ2) is 4.79. The Morgan fingerprint density at radius 3 is 2.79 bits per heavy atom. The van der Waals surface area contributed by atoms with Crippen molar-refractivity contribution in [1.29, 1.82) is 0 Å². The second-order valence-electron chi connectivity index (χ2n) is 5.81. The molecule has 1 aliphatic heterocycles. The minimum Gasteiger partial charge on any atom is -0.506 e. The third-order valence-corrected chi connectivity index (χ3v) is 5.46. The molecule has 0 fully saturated rings. The number of hydrogen-bond acceptors (Lipinski definition) is 4. The zero-order valence-electron chi connectivity index (χ0n) is 12.6. The Labute approximate surface area is 141 Å². The molecule has 0 saturated heterocycles. The number of aromatic hydroxyl groups is 1. The third kappa shape index (κ3) is 1.79. The molecule has 5 rings (SSSR count). The van der Waals surface area contributed by atoms with Crippen molar-refractivity contribution in [1.82, 2.24) is 9.55 Å². The largest absolute Gasteiger partial charge is 0.506 e. The molecule has 5 heteroatoms. The van der Waals surface area contributed by atoms with E-state index in [1.54, 1.807) is 10.6 Å². The quantitative estimate of drug-likeness (QED) is 0.531. The van der Waals surface area contributed by atoms with Crippen LogP contribution >= 0.6 is 11.3 Å². The number of carbonyl (C=O) groups is 1. The lowest BCUT2D eigenvalue weighted by Gasteiger charge is -1.98. The van der Waals surface area contributed by atoms with Crippen LogP contribution in [0.2, 0.25) is 0 Å². The zero-order valence-corrected chi connectivity index (χ0v) is 13.4. The number of para-hydroxylation sites is 2. The fourth-order valence-corrected chi connectivity index (χ4v) is 4.30. The van der Waals surface area contributed by atoms with E-state index in [9.17, 15) is 9.90 Å². The predicted octanol–water partition coefficient (Wildman–Crippen LogP) is 4.24. The summed E-state index contributed by atoms with van der Waals surface area (Å²) < 4.78 is 2.68. The van der Waals surface area contributed by atoms with E-state index in [-0.39, 0.29) is 11.7 Å². The maximum absolute atomic E-state index is 12.8. The molecule has 2 aromatic heterocycles. The van der Waals surface area contributed by atoms with Crippen LogP contribution in [0.5, 0.6) is 5.75 Å². The molecule has 0 bridgehead atoms. The van der Waals surface area contributed by atoms with Gasteiger partial charge in [-0.1, -0.05) is 24.3 Å².